The van der Waals surface area contributed by atoms with Crippen LogP contribution in [0.2, 0.25) is 0 Å². The molecule has 35 heavy (non-hydrogen) atoms. The summed E-state index contributed by atoms with van der Waals surface area (Å²) in [6.07, 6.45) is 1.69. The molecule has 0 fully saturated rings. The van der Waals surface area contributed by atoms with Crippen LogP contribution in [-0.2, 0) is 10.5 Å². The molecule has 2 aromatic heterocycles. The minimum atomic E-state index is -0.636. The zero-order chi connectivity index (χ0) is 24.4. The minimum Gasteiger partial charge on any atom is -0.325 e. The van der Waals surface area contributed by atoms with Crippen LogP contribution in [0.15, 0.2) is 83.1 Å². The number of benzene rings is 2. The van der Waals surface area contributed by atoms with Crippen LogP contribution in [0, 0.1) is 18.7 Å². The number of aryl methyl sites for hydroxylation is 1. The van der Waals surface area contributed by atoms with Gasteiger partial charge in [-0.25, -0.2) is 14.1 Å². The van der Waals surface area contributed by atoms with E-state index >= 15 is 0 Å². The average molecular weight is 487 g/mol. The smallest absolute Gasteiger partial charge is 0.249 e. The molecule has 1 aliphatic rings. The lowest BCUT2D eigenvalue weighted by Crippen LogP contribution is -2.39. The first kappa shape index (κ1) is 22.9. The van der Waals surface area contributed by atoms with Crippen molar-refractivity contribution in [2.75, 3.05) is 5.32 Å². The number of nitrogens with one attached hydrogen (secondary N) is 1. The second-order valence-electron chi connectivity index (χ2n) is 8.25. The number of thioether (sulfide) groups is 1. The number of rotatable bonds is 6. The number of nitrogens with zero attached hydrogens (tertiary/aromatic N) is 5. The Kier molecular flexibility index (Phi) is 6.41. The predicted molar refractivity (Wildman–Crippen MR) is 134 cm³/mol. The Morgan fingerprint density at radius 1 is 1.06 bits per heavy atom. The van der Waals surface area contributed by atoms with Crippen LogP contribution in [0.1, 0.15) is 29.8 Å². The second kappa shape index (κ2) is 9.79. The highest BCUT2D eigenvalue weighted by Crippen LogP contribution is 2.37. The molecule has 0 spiro atoms. The first-order valence-electron chi connectivity index (χ1n) is 11.2. The number of pyridine rings is 1. The molecule has 176 valence electrons. The Morgan fingerprint density at radius 3 is 2.60 bits per heavy atom. The summed E-state index contributed by atoms with van der Waals surface area (Å²) in [5.74, 6) is -0.322. The molecule has 9 heteroatoms. The lowest BCUT2D eigenvalue weighted by molar-refractivity contribution is -0.118. The number of amides is 1. The van der Waals surface area contributed by atoms with Crippen molar-refractivity contribution in [3.05, 3.63) is 95.6 Å². The first-order valence-corrected chi connectivity index (χ1v) is 12.1. The zero-order valence-electron chi connectivity index (χ0n) is 19.2. The largest absolute Gasteiger partial charge is 0.325 e. The van der Waals surface area contributed by atoms with Gasteiger partial charge in [0, 0.05) is 23.3 Å². The van der Waals surface area contributed by atoms with Gasteiger partial charge in [-0.1, -0.05) is 54.2 Å². The number of aliphatic imine (C=N–C) groups is 1. The summed E-state index contributed by atoms with van der Waals surface area (Å²) in [7, 11) is 0. The van der Waals surface area contributed by atoms with Crippen LogP contribution in [0.5, 0.6) is 0 Å². The van der Waals surface area contributed by atoms with Crippen molar-refractivity contribution in [2.24, 2.45) is 10.9 Å². The van der Waals surface area contributed by atoms with Gasteiger partial charge in [-0.3, -0.25) is 9.78 Å². The molecule has 4 aromatic rings. The van der Waals surface area contributed by atoms with Gasteiger partial charge in [-0.15, -0.1) is 5.10 Å². The predicted octanol–water partition coefficient (Wildman–Crippen LogP) is 5.36. The Balaban J connectivity index is 1.48. The molecular weight excluding hydrogens is 463 g/mol. The van der Waals surface area contributed by atoms with Crippen LogP contribution in [0.3, 0.4) is 0 Å². The molecular formula is C26H23FN6OS. The number of para-hydroxylation sites is 1. The molecule has 2 atom stereocenters. The molecule has 0 radical (unpaired) electrons. The van der Waals surface area contributed by atoms with Crippen molar-refractivity contribution in [3.63, 3.8) is 0 Å². The number of hydrogen-bond acceptors (Lipinski definition) is 6. The maximum absolute atomic E-state index is 14.1. The molecule has 2 aromatic carbocycles. The topological polar surface area (TPSA) is 85.1 Å². The fraction of sp³-hybridized carbons (Fsp3) is 0.192. The fourth-order valence-corrected chi connectivity index (χ4v) is 4.89. The van der Waals surface area contributed by atoms with Crippen LogP contribution in [0.4, 0.5) is 16.0 Å². The van der Waals surface area contributed by atoms with E-state index in [1.54, 1.807) is 29.1 Å². The van der Waals surface area contributed by atoms with E-state index in [1.807, 2.05) is 56.3 Å². The van der Waals surface area contributed by atoms with Gasteiger partial charge in [0.05, 0.1) is 5.69 Å². The molecule has 1 N–H and O–H groups in total. The van der Waals surface area contributed by atoms with Gasteiger partial charge in [0.25, 0.3) is 0 Å². The number of anilines is 1. The third-order valence-electron chi connectivity index (χ3n) is 5.89. The highest BCUT2D eigenvalue weighted by atomic mass is 32.2. The normalized spacial score (nSPS) is 16.9. The molecule has 2 unspecified atom stereocenters. The van der Waals surface area contributed by atoms with Crippen LogP contribution in [-0.4, -0.2) is 31.4 Å². The number of carbonyl (C=O) groups is 1. The van der Waals surface area contributed by atoms with E-state index in [4.69, 9.17) is 0 Å². The van der Waals surface area contributed by atoms with E-state index < -0.39 is 12.0 Å². The van der Waals surface area contributed by atoms with Gasteiger partial charge in [0.1, 0.15) is 17.8 Å². The van der Waals surface area contributed by atoms with Gasteiger partial charge in [-0.2, -0.15) is 4.98 Å². The molecule has 0 saturated heterocycles. The van der Waals surface area contributed by atoms with E-state index in [0.29, 0.717) is 33.8 Å². The summed E-state index contributed by atoms with van der Waals surface area (Å²) in [6.45, 7) is 3.77. The molecule has 0 bridgehead atoms. The van der Waals surface area contributed by atoms with Crippen LogP contribution < -0.4 is 5.32 Å². The molecule has 7 nitrogen and oxygen atoms in total. The lowest BCUT2D eigenvalue weighted by atomic mass is 9.90. The molecule has 1 amide bonds. The van der Waals surface area contributed by atoms with Crippen molar-refractivity contribution in [3.8, 4) is 0 Å². The Bertz CT molecular complexity index is 1400. The van der Waals surface area contributed by atoms with E-state index in [2.05, 4.69) is 25.4 Å². The molecule has 1 aliphatic heterocycles. The maximum atomic E-state index is 14.1. The van der Waals surface area contributed by atoms with Crippen molar-refractivity contribution < 1.29 is 9.18 Å². The first-order chi connectivity index (χ1) is 17.0. The summed E-state index contributed by atoms with van der Waals surface area (Å²) in [5.41, 5.74) is 3.59. The highest BCUT2D eigenvalue weighted by molar-refractivity contribution is 7.98. The number of halogens is 1. The van der Waals surface area contributed by atoms with E-state index in [-0.39, 0.29) is 11.7 Å². The summed E-state index contributed by atoms with van der Waals surface area (Å²) in [6, 6.07) is 19.3. The van der Waals surface area contributed by atoms with Gasteiger partial charge >= 0.3 is 0 Å². The van der Waals surface area contributed by atoms with Gasteiger partial charge in [0.2, 0.25) is 17.0 Å². The fourth-order valence-electron chi connectivity index (χ4n) is 4.08. The summed E-state index contributed by atoms with van der Waals surface area (Å²) >= 11 is 1.32. The van der Waals surface area contributed by atoms with E-state index in [0.717, 1.165) is 11.3 Å². The third kappa shape index (κ3) is 4.72. The van der Waals surface area contributed by atoms with Crippen molar-refractivity contribution in [2.45, 2.75) is 30.8 Å². The number of hydrogen-bond donors (Lipinski definition) is 1. The maximum Gasteiger partial charge on any atom is 0.249 e. The standard InChI is InChI=1S/C26H23FN6OS/c1-16-9-3-6-12-20(16)30-24(34)22-17(2)29-25-31-26(35-15-18-10-4-5-11-19(18)27)32-33(25)23(22)21-13-7-8-14-28-21/h3-14,22-23H,15H2,1-2H3,(H,30,34). The summed E-state index contributed by atoms with van der Waals surface area (Å²) < 4.78 is 15.7. The van der Waals surface area contributed by atoms with Crippen LogP contribution >= 0.6 is 11.8 Å². The Morgan fingerprint density at radius 2 is 1.83 bits per heavy atom. The van der Waals surface area contributed by atoms with Gasteiger partial charge < -0.3 is 5.32 Å². The Hall–Kier alpha value is -3.85. The van der Waals surface area contributed by atoms with Crippen molar-refractivity contribution in [1.29, 1.82) is 0 Å². The van der Waals surface area contributed by atoms with Gasteiger partial charge in [-0.05, 0) is 49.2 Å². The monoisotopic (exact) mass is 486 g/mol. The number of carbonyl (C=O) groups excluding carboxylic acids is 1. The number of fused-ring (bicyclic) bond motifs is 1. The quantitative estimate of drug-likeness (QED) is 0.371. The molecule has 0 saturated carbocycles. The zero-order valence-corrected chi connectivity index (χ0v) is 20.0. The van der Waals surface area contributed by atoms with E-state index in [1.165, 1.54) is 17.8 Å². The molecule has 3 heterocycles. The SMILES string of the molecule is CC1=Nc2nc(SCc3ccccc3F)nn2C(c2ccccn2)C1C(=O)Nc1ccccc1C. The molecule has 5 rings (SSSR count). The summed E-state index contributed by atoms with van der Waals surface area (Å²) in [5, 5.41) is 8.17. The second-order valence-corrected chi connectivity index (χ2v) is 9.20. The van der Waals surface area contributed by atoms with Crippen LogP contribution in [0.25, 0.3) is 0 Å². The minimum absolute atomic E-state index is 0.196. The molecule has 0 aliphatic carbocycles. The third-order valence-corrected chi connectivity index (χ3v) is 6.78. The van der Waals surface area contributed by atoms with Gasteiger partial charge in [0.15, 0.2) is 0 Å². The average Bonchev–Trinajstić information content (AvgIpc) is 3.27. The van der Waals surface area contributed by atoms with Crippen molar-refractivity contribution >= 4 is 35.0 Å². The lowest BCUT2D eigenvalue weighted by Gasteiger charge is -2.29. The highest BCUT2D eigenvalue weighted by Gasteiger charge is 2.40. The number of aromatic nitrogens is 4. The summed E-state index contributed by atoms with van der Waals surface area (Å²) in [4.78, 5) is 27.2. The Labute approximate surface area is 206 Å². The van der Waals surface area contributed by atoms with Crippen molar-refractivity contribution in [1.82, 2.24) is 19.7 Å². The van der Waals surface area contributed by atoms with E-state index in [9.17, 15) is 9.18 Å².